The molecular weight excluding hydrogens is 580 g/mol. The highest BCUT2D eigenvalue weighted by molar-refractivity contribution is 7.91. The summed E-state index contributed by atoms with van der Waals surface area (Å²) in [6, 6.07) is 7.88. The van der Waals surface area contributed by atoms with Gasteiger partial charge < -0.3 is 20.6 Å². The van der Waals surface area contributed by atoms with E-state index in [0.29, 0.717) is 46.9 Å². The average Bonchev–Trinajstić information content (AvgIpc) is 3.41. The lowest BCUT2D eigenvalue weighted by atomic mass is 9.91. The number of benzene rings is 1. The number of nitrogens with one attached hydrogen (secondary N) is 2. The number of aliphatic hydroxyl groups is 1. The van der Waals surface area contributed by atoms with Crippen LogP contribution in [-0.2, 0) is 9.84 Å². The first-order valence-electron chi connectivity index (χ1n) is 14.1. The lowest BCUT2D eigenvalue weighted by molar-refractivity contribution is 0.0631. The molecule has 4 fully saturated rings. The van der Waals surface area contributed by atoms with Crippen LogP contribution in [0.2, 0.25) is 5.02 Å². The fraction of sp³-hybridized carbons (Fsp3) is 0.519. The number of piperidine rings is 1. The fourth-order valence-electron chi connectivity index (χ4n) is 6.62. The summed E-state index contributed by atoms with van der Waals surface area (Å²) in [5.74, 6) is 0.834. The van der Waals surface area contributed by atoms with Crippen LogP contribution in [0.25, 0.3) is 5.65 Å². The van der Waals surface area contributed by atoms with Gasteiger partial charge in [-0.1, -0.05) is 11.6 Å². The Morgan fingerprint density at radius 1 is 1.07 bits per heavy atom. The number of aliphatic hydroxyl groups excluding tert-OH is 1. The van der Waals surface area contributed by atoms with Gasteiger partial charge in [-0.05, 0) is 50.3 Å². The number of fused-ring (bicyclic) bond motifs is 2. The van der Waals surface area contributed by atoms with E-state index in [9.17, 15) is 24.0 Å². The van der Waals surface area contributed by atoms with Crippen molar-refractivity contribution in [2.75, 3.05) is 46.7 Å². The van der Waals surface area contributed by atoms with Gasteiger partial charge in [-0.15, -0.1) is 5.10 Å². The fourth-order valence-corrected chi connectivity index (χ4v) is 8.71. The maximum absolute atomic E-state index is 12.1. The topological polar surface area (TPSA) is 176 Å². The second-order valence-corrected chi connectivity index (χ2v) is 14.1. The highest BCUT2D eigenvalue weighted by atomic mass is 35.5. The Labute approximate surface area is 247 Å². The monoisotopic (exact) mass is 608 g/mol. The normalized spacial score (nSPS) is 27.0. The second kappa shape index (κ2) is 10.2. The highest BCUT2D eigenvalue weighted by Gasteiger charge is 2.47. The number of nitriles is 2. The Kier molecular flexibility index (Phi) is 6.62. The van der Waals surface area contributed by atoms with Crippen molar-refractivity contribution < 1.29 is 13.5 Å². The molecule has 4 aliphatic rings. The zero-order valence-electron chi connectivity index (χ0n) is 22.6. The highest BCUT2D eigenvalue weighted by Crippen LogP contribution is 2.41. The first-order chi connectivity index (χ1) is 20.2. The van der Waals surface area contributed by atoms with Crippen molar-refractivity contribution in [1.82, 2.24) is 24.5 Å². The van der Waals surface area contributed by atoms with Gasteiger partial charge in [0.05, 0.1) is 57.9 Å². The quantitative estimate of drug-likeness (QED) is 0.371. The maximum atomic E-state index is 12.1. The van der Waals surface area contributed by atoms with Crippen LogP contribution >= 0.6 is 11.6 Å². The van der Waals surface area contributed by atoms with Gasteiger partial charge in [0.2, 0.25) is 5.95 Å². The molecule has 4 unspecified atom stereocenters. The van der Waals surface area contributed by atoms with E-state index in [2.05, 4.69) is 47.6 Å². The molecule has 3 N–H and O–H groups in total. The predicted octanol–water partition coefficient (Wildman–Crippen LogP) is 1.90. The average molecular weight is 609 g/mol. The molecule has 218 valence electrons. The lowest BCUT2D eigenvalue weighted by Gasteiger charge is -2.41. The Balaban J connectivity index is 1.15. The van der Waals surface area contributed by atoms with Crippen LogP contribution in [0.5, 0.6) is 0 Å². The van der Waals surface area contributed by atoms with E-state index in [1.54, 1.807) is 12.1 Å². The molecule has 15 heteroatoms. The summed E-state index contributed by atoms with van der Waals surface area (Å²) in [4.78, 5) is 13.3. The molecule has 1 aromatic carbocycles. The Hall–Kier alpha value is -3.69. The first kappa shape index (κ1) is 27.2. The van der Waals surface area contributed by atoms with Crippen molar-refractivity contribution in [2.24, 2.45) is 5.92 Å². The number of hydrogen-bond acceptors (Lipinski definition) is 12. The smallest absolute Gasteiger partial charge is 0.247 e. The SMILES string of the molecule is N#Cc1cc(Nc2nc(NC3CC3)c3ncc(C#N)n3n2)c(Cl)c(N2CCC3C(CCN3C3CS(=O)(=O)CC3O)C2)c1. The zero-order chi connectivity index (χ0) is 29.2. The summed E-state index contributed by atoms with van der Waals surface area (Å²) in [7, 11) is -3.23. The Morgan fingerprint density at radius 3 is 2.62 bits per heavy atom. The minimum absolute atomic E-state index is 0.00680. The summed E-state index contributed by atoms with van der Waals surface area (Å²) < 4.78 is 25.7. The van der Waals surface area contributed by atoms with Crippen molar-refractivity contribution in [3.8, 4) is 12.1 Å². The summed E-state index contributed by atoms with van der Waals surface area (Å²) in [6.45, 7) is 2.11. The molecule has 7 rings (SSSR count). The lowest BCUT2D eigenvalue weighted by Crippen LogP contribution is -2.51. The van der Waals surface area contributed by atoms with Gasteiger partial charge >= 0.3 is 0 Å². The van der Waals surface area contributed by atoms with Crippen LogP contribution in [0.3, 0.4) is 0 Å². The van der Waals surface area contributed by atoms with Crippen molar-refractivity contribution in [1.29, 1.82) is 10.5 Å². The number of anilines is 4. The van der Waals surface area contributed by atoms with Gasteiger partial charge in [-0.2, -0.15) is 20.0 Å². The van der Waals surface area contributed by atoms with Crippen molar-refractivity contribution >= 4 is 50.2 Å². The molecule has 0 radical (unpaired) electrons. The molecular formula is C27H29ClN10O3S. The van der Waals surface area contributed by atoms with Crippen molar-refractivity contribution in [3.05, 3.63) is 34.6 Å². The van der Waals surface area contributed by atoms with Gasteiger partial charge in [0.25, 0.3) is 0 Å². The molecule has 0 bridgehead atoms. The number of halogens is 1. The summed E-state index contributed by atoms with van der Waals surface area (Å²) >= 11 is 6.97. The molecule has 2 aromatic heterocycles. The standard InChI is InChI=1S/C27H29ClN10O3S/c28-24-19(33-27-34-25(32-17-1-2-17)26-31-11-18(10-30)38(26)35-27)7-15(9-29)8-21(24)36-5-4-20-16(12-36)3-6-37(20)22-13-42(40,41)14-23(22)39/h7-8,11,16-17,20,22-23,39H,1-6,12-14H2,(H2,32,33,34,35). The summed E-state index contributed by atoms with van der Waals surface area (Å²) in [5.41, 5.74) is 2.33. The molecule has 0 spiro atoms. The van der Waals surface area contributed by atoms with Crippen LogP contribution in [0.1, 0.15) is 36.9 Å². The van der Waals surface area contributed by atoms with Crippen molar-refractivity contribution in [2.45, 2.75) is 49.9 Å². The molecule has 3 aliphatic heterocycles. The number of imidazole rings is 1. The number of likely N-dealkylation sites (tertiary alicyclic amines) is 1. The molecule has 3 saturated heterocycles. The van der Waals surface area contributed by atoms with E-state index in [1.807, 2.05) is 0 Å². The molecule has 0 amide bonds. The van der Waals surface area contributed by atoms with Crippen LogP contribution in [0, 0.1) is 28.6 Å². The molecule has 3 aromatic rings. The number of aromatic nitrogens is 4. The van der Waals surface area contributed by atoms with Gasteiger partial charge in [-0.3, -0.25) is 4.90 Å². The maximum Gasteiger partial charge on any atom is 0.247 e. The molecule has 13 nitrogen and oxygen atoms in total. The van der Waals surface area contributed by atoms with E-state index in [1.165, 1.54) is 10.7 Å². The third-order valence-electron chi connectivity index (χ3n) is 8.76. The van der Waals surface area contributed by atoms with E-state index < -0.39 is 15.9 Å². The first-order valence-corrected chi connectivity index (χ1v) is 16.2. The zero-order valence-corrected chi connectivity index (χ0v) is 24.2. The number of hydrogen-bond donors (Lipinski definition) is 3. The van der Waals surface area contributed by atoms with E-state index in [4.69, 9.17) is 11.6 Å². The number of sulfone groups is 1. The third-order valence-corrected chi connectivity index (χ3v) is 10.9. The van der Waals surface area contributed by atoms with Crippen LogP contribution in [0.15, 0.2) is 18.3 Å². The second-order valence-electron chi connectivity index (χ2n) is 11.6. The van der Waals surface area contributed by atoms with Gasteiger partial charge in [0.1, 0.15) is 6.07 Å². The third kappa shape index (κ3) is 4.88. The van der Waals surface area contributed by atoms with E-state index in [-0.39, 0.29) is 41.1 Å². The molecule has 1 aliphatic carbocycles. The van der Waals surface area contributed by atoms with Crippen molar-refractivity contribution in [3.63, 3.8) is 0 Å². The molecule has 4 atom stereocenters. The Morgan fingerprint density at radius 2 is 1.90 bits per heavy atom. The molecule has 1 saturated carbocycles. The Bertz CT molecular complexity index is 1760. The minimum Gasteiger partial charge on any atom is -0.390 e. The minimum atomic E-state index is -3.23. The van der Waals surface area contributed by atoms with Crippen LogP contribution in [-0.4, -0.2) is 93.4 Å². The van der Waals surface area contributed by atoms with Crippen LogP contribution in [0.4, 0.5) is 23.1 Å². The number of nitrogens with zero attached hydrogens (tertiary/aromatic N) is 8. The van der Waals surface area contributed by atoms with Gasteiger partial charge in [0.15, 0.2) is 27.0 Å². The van der Waals surface area contributed by atoms with E-state index >= 15 is 0 Å². The van der Waals surface area contributed by atoms with Gasteiger partial charge in [0, 0.05) is 25.2 Å². The van der Waals surface area contributed by atoms with Gasteiger partial charge in [-0.25, -0.2) is 13.4 Å². The molecule has 42 heavy (non-hydrogen) atoms. The number of rotatable bonds is 6. The predicted molar refractivity (Wildman–Crippen MR) is 155 cm³/mol. The van der Waals surface area contributed by atoms with Crippen LogP contribution < -0.4 is 15.5 Å². The largest absolute Gasteiger partial charge is 0.390 e. The summed E-state index contributed by atoms with van der Waals surface area (Å²) in [6.07, 6.45) is 4.34. The molecule has 5 heterocycles. The summed E-state index contributed by atoms with van der Waals surface area (Å²) in [5, 5.41) is 41.3. The van der Waals surface area contributed by atoms with E-state index in [0.717, 1.165) is 37.9 Å².